The molecule has 4 rings (SSSR count). The third kappa shape index (κ3) is 2.72. The average molecular weight is 351 g/mol. The lowest BCUT2D eigenvalue weighted by atomic mass is 10.2. The summed E-state index contributed by atoms with van der Waals surface area (Å²) in [7, 11) is 0. The highest BCUT2D eigenvalue weighted by atomic mass is 32.2. The van der Waals surface area contributed by atoms with E-state index >= 15 is 0 Å². The topological polar surface area (TPSA) is 56.5 Å². The molecule has 0 saturated carbocycles. The van der Waals surface area contributed by atoms with Crippen molar-refractivity contribution in [3.8, 4) is 0 Å². The minimum Gasteiger partial charge on any atom is -0.465 e. The first-order valence-corrected chi connectivity index (χ1v) is 9.06. The van der Waals surface area contributed by atoms with Gasteiger partial charge in [-0.3, -0.25) is 9.20 Å². The van der Waals surface area contributed by atoms with E-state index in [0.717, 1.165) is 32.7 Å². The largest absolute Gasteiger partial charge is 0.465 e. The van der Waals surface area contributed by atoms with Crippen molar-refractivity contribution in [2.75, 3.05) is 6.61 Å². The second-order valence-corrected chi connectivity index (χ2v) is 6.99. The van der Waals surface area contributed by atoms with E-state index in [1.54, 1.807) is 0 Å². The maximum Gasteiger partial charge on any atom is 0.319 e. The zero-order valence-electron chi connectivity index (χ0n) is 14.0. The molecular formula is C19H17N3O2S. The Labute approximate surface area is 149 Å². The van der Waals surface area contributed by atoms with Crippen LogP contribution in [-0.2, 0) is 9.53 Å². The maximum absolute atomic E-state index is 12.1. The van der Waals surface area contributed by atoms with E-state index < -0.39 is 0 Å². The monoisotopic (exact) mass is 351 g/mol. The Balaban J connectivity index is 1.96. The van der Waals surface area contributed by atoms with Crippen LogP contribution in [0.25, 0.3) is 27.6 Å². The Kier molecular flexibility index (Phi) is 4.05. The molecular weight excluding hydrogens is 334 g/mol. The zero-order valence-corrected chi connectivity index (χ0v) is 14.8. The summed E-state index contributed by atoms with van der Waals surface area (Å²) in [5, 5.41) is 1.38. The minimum absolute atomic E-state index is 0.236. The van der Waals surface area contributed by atoms with Gasteiger partial charge in [0.1, 0.15) is 10.9 Å². The molecule has 0 N–H and O–H groups in total. The molecule has 2 aromatic carbocycles. The molecule has 0 radical (unpaired) electrons. The second kappa shape index (κ2) is 6.37. The van der Waals surface area contributed by atoms with Gasteiger partial charge in [0.2, 0.25) is 0 Å². The fourth-order valence-corrected chi connectivity index (χ4v) is 3.78. The predicted octanol–water partition coefficient (Wildman–Crippen LogP) is 4.08. The molecule has 2 aromatic heterocycles. The third-order valence-electron chi connectivity index (χ3n) is 4.01. The van der Waals surface area contributed by atoms with Crippen LogP contribution in [0, 0.1) is 0 Å². The fourth-order valence-electron chi connectivity index (χ4n) is 2.86. The quantitative estimate of drug-likeness (QED) is 0.315. The van der Waals surface area contributed by atoms with Gasteiger partial charge in [0, 0.05) is 5.39 Å². The van der Waals surface area contributed by atoms with E-state index in [1.807, 2.05) is 66.8 Å². The predicted molar refractivity (Wildman–Crippen MR) is 100.0 cm³/mol. The second-order valence-electron chi connectivity index (χ2n) is 5.68. The number of imidazole rings is 1. The summed E-state index contributed by atoms with van der Waals surface area (Å²) in [6.07, 6.45) is 0. The van der Waals surface area contributed by atoms with E-state index in [1.165, 1.54) is 11.8 Å². The first kappa shape index (κ1) is 15.9. The highest BCUT2D eigenvalue weighted by Crippen LogP contribution is 2.30. The van der Waals surface area contributed by atoms with Crippen LogP contribution < -0.4 is 0 Å². The van der Waals surface area contributed by atoms with Crippen LogP contribution in [0.3, 0.4) is 0 Å². The van der Waals surface area contributed by atoms with Gasteiger partial charge in [-0.15, -0.1) is 0 Å². The van der Waals surface area contributed by atoms with Crippen LogP contribution in [0.2, 0.25) is 0 Å². The summed E-state index contributed by atoms with van der Waals surface area (Å²) in [4.78, 5) is 21.6. The number of hydrogen-bond acceptors (Lipinski definition) is 5. The number of aromatic nitrogens is 3. The number of nitrogens with zero attached hydrogens (tertiary/aromatic N) is 3. The fraction of sp³-hybridized carbons (Fsp3) is 0.211. The van der Waals surface area contributed by atoms with Crippen LogP contribution in [0.5, 0.6) is 0 Å². The Morgan fingerprint density at radius 3 is 2.64 bits per heavy atom. The standard InChI is InChI=1S/C19H17N3O2S/c1-3-24-18(23)12(2)25-19-21-14-9-5-4-8-13(14)17-20-15-10-6-7-11-16(15)22(17)19/h4-12H,3H2,1-2H3. The van der Waals surface area contributed by atoms with E-state index in [0.29, 0.717) is 6.61 Å². The molecule has 0 aliphatic rings. The number of thioether (sulfide) groups is 1. The van der Waals surface area contributed by atoms with Gasteiger partial charge in [-0.25, -0.2) is 9.97 Å². The molecule has 0 saturated heterocycles. The smallest absolute Gasteiger partial charge is 0.319 e. The van der Waals surface area contributed by atoms with Gasteiger partial charge in [0.05, 0.1) is 23.2 Å². The summed E-state index contributed by atoms with van der Waals surface area (Å²) >= 11 is 1.39. The highest BCUT2D eigenvalue weighted by molar-refractivity contribution is 8.00. The number of benzene rings is 2. The molecule has 6 heteroatoms. The number of para-hydroxylation sites is 3. The number of carbonyl (C=O) groups is 1. The van der Waals surface area contributed by atoms with Crippen LogP contribution >= 0.6 is 11.8 Å². The van der Waals surface area contributed by atoms with E-state index in [2.05, 4.69) is 0 Å². The molecule has 0 aliphatic heterocycles. The van der Waals surface area contributed by atoms with Crippen molar-refractivity contribution in [3.63, 3.8) is 0 Å². The van der Waals surface area contributed by atoms with Crippen molar-refractivity contribution in [3.05, 3.63) is 48.5 Å². The summed E-state index contributed by atoms with van der Waals surface area (Å²) in [6.45, 7) is 4.02. The number of rotatable bonds is 4. The Hall–Kier alpha value is -2.60. The molecule has 25 heavy (non-hydrogen) atoms. The van der Waals surface area contributed by atoms with E-state index in [9.17, 15) is 4.79 Å². The lowest BCUT2D eigenvalue weighted by Crippen LogP contribution is -2.17. The van der Waals surface area contributed by atoms with Gasteiger partial charge in [-0.05, 0) is 38.1 Å². The minimum atomic E-state index is -0.349. The van der Waals surface area contributed by atoms with Crippen molar-refractivity contribution >= 4 is 45.3 Å². The SMILES string of the molecule is CCOC(=O)C(C)Sc1nc2ccccc2c2nc3ccccc3n12. The number of ether oxygens (including phenoxy) is 1. The lowest BCUT2D eigenvalue weighted by Gasteiger charge is -2.12. The molecule has 1 atom stereocenters. The van der Waals surface area contributed by atoms with E-state index in [-0.39, 0.29) is 11.2 Å². The Bertz CT molecular complexity index is 1090. The molecule has 0 amide bonds. The first-order chi connectivity index (χ1) is 12.2. The number of esters is 1. The van der Waals surface area contributed by atoms with Gasteiger partial charge < -0.3 is 4.74 Å². The van der Waals surface area contributed by atoms with Crippen LogP contribution in [0.15, 0.2) is 53.7 Å². The van der Waals surface area contributed by atoms with Crippen LogP contribution in [0.4, 0.5) is 0 Å². The maximum atomic E-state index is 12.1. The van der Waals surface area contributed by atoms with Crippen molar-refractivity contribution < 1.29 is 9.53 Å². The molecule has 126 valence electrons. The van der Waals surface area contributed by atoms with Gasteiger partial charge in [-0.2, -0.15) is 0 Å². The van der Waals surface area contributed by atoms with Gasteiger partial charge in [0.15, 0.2) is 5.16 Å². The van der Waals surface area contributed by atoms with E-state index in [4.69, 9.17) is 14.7 Å². The van der Waals surface area contributed by atoms with Crippen molar-refractivity contribution in [2.45, 2.75) is 24.3 Å². The zero-order chi connectivity index (χ0) is 17.4. The van der Waals surface area contributed by atoms with Crippen molar-refractivity contribution in [2.24, 2.45) is 0 Å². The molecule has 0 spiro atoms. The Morgan fingerprint density at radius 1 is 1.12 bits per heavy atom. The van der Waals surface area contributed by atoms with Crippen LogP contribution in [0.1, 0.15) is 13.8 Å². The number of fused-ring (bicyclic) bond motifs is 5. The molecule has 0 bridgehead atoms. The average Bonchev–Trinajstić information content (AvgIpc) is 3.02. The lowest BCUT2D eigenvalue weighted by molar-refractivity contribution is -0.142. The third-order valence-corrected chi connectivity index (χ3v) is 5.04. The molecule has 1 unspecified atom stereocenters. The first-order valence-electron chi connectivity index (χ1n) is 8.18. The molecule has 0 aliphatic carbocycles. The van der Waals surface area contributed by atoms with Crippen LogP contribution in [-0.4, -0.2) is 32.2 Å². The number of hydrogen-bond donors (Lipinski definition) is 0. The van der Waals surface area contributed by atoms with Gasteiger partial charge >= 0.3 is 5.97 Å². The summed E-state index contributed by atoms with van der Waals surface area (Å²) in [5.41, 5.74) is 3.61. The highest BCUT2D eigenvalue weighted by Gasteiger charge is 2.20. The molecule has 5 nitrogen and oxygen atoms in total. The summed E-state index contributed by atoms with van der Waals surface area (Å²) in [5.74, 6) is -0.236. The molecule has 4 aromatic rings. The summed E-state index contributed by atoms with van der Waals surface area (Å²) in [6, 6.07) is 15.9. The van der Waals surface area contributed by atoms with Crippen molar-refractivity contribution in [1.29, 1.82) is 0 Å². The Morgan fingerprint density at radius 2 is 1.84 bits per heavy atom. The van der Waals surface area contributed by atoms with Gasteiger partial charge in [0.25, 0.3) is 0 Å². The summed E-state index contributed by atoms with van der Waals surface area (Å²) < 4.78 is 7.16. The number of carbonyl (C=O) groups excluding carboxylic acids is 1. The van der Waals surface area contributed by atoms with Crippen molar-refractivity contribution in [1.82, 2.24) is 14.4 Å². The molecule has 2 heterocycles. The molecule has 0 fully saturated rings. The normalized spacial score (nSPS) is 12.7. The van der Waals surface area contributed by atoms with Gasteiger partial charge in [-0.1, -0.05) is 36.0 Å².